The first kappa shape index (κ1) is 20.7. The lowest BCUT2D eigenvalue weighted by molar-refractivity contribution is 0.0949. The molecule has 1 aromatic heterocycles. The van der Waals surface area contributed by atoms with E-state index in [1.54, 1.807) is 6.92 Å². The molecule has 0 saturated heterocycles. The molecule has 5 heteroatoms. The van der Waals surface area contributed by atoms with Gasteiger partial charge in [0, 0.05) is 36.6 Å². The van der Waals surface area contributed by atoms with Crippen LogP contribution < -0.4 is 10.2 Å². The van der Waals surface area contributed by atoms with Gasteiger partial charge < -0.3 is 15.2 Å². The van der Waals surface area contributed by atoms with E-state index >= 15 is 0 Å². The molecule has 0 bridgehead atoms. The second-order valence-corrected chi connectivity index (χ2v) is 6.96. The van der Waals surface area contributed by atoms with Crippen molar-refractivity contribution in [2.45, 2.75) is 47.5 Å². The molecule has 2 N–H and O–H groups in total. The van der Waals surface area contributed by atoms with Crippen LogP contribution in [0.1, 0.15) is 64.9 Å². The maximum absolute atomic E-state index is 12.7. The number of amides is 1. The molecule has 1 amide bonds. The van der Waals surface area contributed by atoms with Gasteiger partial charge in [-0.15, -0.1) is 0 Å². The summed E-state index contributed by atoms with van der Waals surface area (Å²) in [6, 6.07) is 8.37. The van der Waals surface area contributed by atoms with Crippen LogP contribution >= 0.6 is 0 Å². The molecule has 1 aromatic carbocycles. The summed E-state index contributed by atoms with van der Waals surface area (Å²) < 4.78 is 0. The summed E-state index contributed by atoms with van der Waals surface area (Å²) in [6.45, 7) is 11.8. The first-order chi connectivity index (χ1) is 12.9. The molecular weight excluding hydrogens is 338 g/mol. The number of carbonyl (C=O) groups excluding carboxylic acids is 2. The van der Waals surface area contributed by atoms with Gasteiger partial charge in [-0.3, -0.25) is 9.59 Å². The molecule has 0 fully saturated rings. The van der Waals surface area contributed by atoms with Crippen molar-refractivity contribution in [2.75, 3.05) is 24.5 Å². The molecule has 5 nitrogen and oxygen atoms in total. The number of ketones is 1. The van der Waals surface area contributed by atoms with Gasteiger partial charge in [0.1, 0.15) is 5.69 Å². The third-order valence-electron chi connectivity index (χ3n) is 4.79. The van der Waals surface area contributed by atoms with Gasteiger partial charge in [-0.05, 0) is 57.4 Å². The number of likely N-dealkylation sites (N-methyl/N-ethyl adjacent to an activating group) is 1. The van der Waals surface area contributed by atoms with E-state index in [1.807, 2.05) is 13.0 Å². The molecule has 0 atom stereocenters. The number of carbonyl (C=O) groups is 2. The van der Waals surface area contributed by atoms with Gasteiger partial charge in [-0.25, -0.2) is 0 Å². The normalized spacial score (nSPS) is 10.7. The Balaban J connectivity index is 2.07. The van der Waals surface area contributed by atoms with E-state index in [4.69, 9.17) is 0 Å². The Kier molecular flexibility index (Phi) is 7.22. The van der Waals surface area contributed by atoms with Crippen molar-refractivity contribution >= 4 is 17.4 Å². The van der Waals surface area contributed by atoms with E-state index in [0.29, 0.717) is 24.2 Å². The minimum absolute atomic E-state index is 0.00264. The van der Waals surface area contributed by atoms with Crippen LogP contribution in [0.15, 0.2) is 24.3 Å². The highest BCUT2D eigenvalue weighted by Crippen LogP contribution is 2.21. The van der Waals surface area contributed by atoms with Gasteiger partial charge in [0.05, 0.1) is 0 Å². The average Bonchev–Trinajstić information content (AvgIpc) is 2.95. The number of aromatic nitrogens is 1. The lowest BCUT2D eigenvalue weighted by Crippen LogP contribution is -2.35. The number of Topliss-reactive ketones (excluding diaryl/α,β-unsaturated/α-hetero) is 1. The number of hydrogen-bond acceptors (Lipinski definition) is 3. The largest absolute Gasteiger partial charge is 0.370 e. The van der Waals surface area contributed by atoms with E-state index in [2.05, 4.69) is 54.2 Å². The summed E-state index contributed by atoms with van der Waals surface area (Å²) >= 11 is 0. The van der Waals surface area contributed by atoms with Crippen molar-refractivity contribution < 1.29 is 9.59 Å². The zero-order valence-corrected chi connectivity index (χ0v) is 17.1. The van der Waals surface area contributed by atoms with Gasteiger partial charge in [0.2, 0.25) is 0 Å². The molecule has 1 heterocycles. The zero-order chi connectivity index (χ0) is 20.0. The number of rotatable bonds is 9. The number of H-pyrrole nitrogens is 1. The zero-order valence-electron chi connectivity index (χ0n) is 17.1. The number of aromatic amines is 1. The highest BCUT2D eigenvalue weighted by molar-refractivity contribution is 6.02. The first-order valence-electron chi connectivity index (χ1n) is 9.71. The van der Waals surface area contributed by atoms with Crippen molar-refractivity contribution in [2.24, 2.45) is 0 Å². The van der Waals surface area contributed by atoms with Gasteiger partial charge >= 0.3 is 0 Å². The Labute approximate surface area is 162 Å². The predicted octanol–water partition coefficient (Wildman–Crippen LogP) is 4.04. The molecule has 0 aliphatic heterocycles. The minimum atomic E-state index is -0.144. The monoisotopic (exact) mass is 369 g/mol. The van der Waals surface area contributed by atoms with Crippen LogP contribution in [0, 0.1) is 13.8 Å². The lowest BCUT2D eigenvalue weighted by atomic mass is 10.0. The Morgan fingerprint density at radius 1 is 1.19 bits per heavy atom. The Morgan fingerprint density at radius 3 is 2.52 bits per heavy atom. The first-order valence-corrected chi connectivity index (χ1v) is 9.71. The summed E-state index contributed by atoms with van der Waals surface area (Å²) in [4.78, 5) is 30.0. The highest BCUT2D eigenvalue weighted by Gasteiger charge is 2.22. The van der Waals surface area contributed by atoms with Crippen LogP contribution in [0.5, 0.6) is 0 Å². The summed E-state index contributed by atoms with van der Waals surface area (Å²) in [5.74, 6) is -0.141. The second-order valence-electron chi connectivity index (χ2n) is 6.96. The van der Waals surface area contributed by atoms with E-state index < -0.39 is 0 Å². The molecule has 0 aliphatic rings. The molecule has 0 saturated carbocycles. The number of aryl methyl sites for hydroxylation is 2. The SMILES string of the molecule is CCCc1c(C(=O)NCCN(CC)c2cccc(C)c2)[nH]c(C)c1C(C)=O. The molecule has 2 aromatic rings. The van der Waals surface area contributed by atoms with Gasteiger partial charge in [0.15, 0.2) is 5.78 Å². The summed E-state index contributed by atoms with van der Waals surface area (Å²) in [5.41, 5.74) is 5.18. The van der Waals surface area contributed by atoms with Crippen LogP contribution in [-0.2, 0) is 6.42 Å². The van der Waals surface area contributed by atoms with E-state index in [9.17, 15) is 9.59 Å². The lowest BCUT2D eigenvalue weighted by Gasteiger charge is -2.23. The van der Waals surface area contributed by atoms with Crippen LogP contribution in [-0.4, -0.2) is 36.3 Å². The van der Waals surface area contributed by atoms with Crippen molar-refractivity contribution in [1.29, 1.82) is 0 Å². The van der Waals surface area contributed by atoms with Gasteiger partial charge in [0.25, 0.3) is 5.91 Å². The molecule has 27 heavy (non-hydrogen) atoms. The third-order valence-corrected chi connectivity index (χ3v) is 4.79. The van der Waals surface area contributed by atoms with Crippen LogP contribution in [0.3, 0.4) is 0 Å². The van der Waals surface area contributed by atoms with Gasteiger partial charge in [-0.2, -0.15) is 0 Å². The highest BCUT2D eigenvalue weighted by atomic mass is 16.2. The quantitative estimate of drug-likeness (QED) is 0.656. The van der Waals surface area contributed by atoms with Crippen molar-refractivity contribution in [3.05, 3.63) is 52.3 Å². The molecule has 2 rings (SSSR count). The topological polar surface area (TPSA) is 65.2 Å². The van der Waals surface area contributed by atoms with E-state index in [0.717, 1.165) is 36.5 Å². The Bertz CT molecular complexity index is 808. The third kappa shape index (κ3) is 5.00. The Hall–Kier alpha value is -2.56. The van der Waals surface area contributed by atoms with Crippen molar-refractivity contribution in [3.63, 3.8) is 0 Å². The number of nitrogens with zero attached hydrogens (tertiary/aromatic N) is 1. The fourth-order valence-corrected chi connectivity index (χ4v) is 3.53. The number of hydrogen-bond donors (Lipinski definition) is 2. The van der Waals surface area contributed by atoms with Crippen molar-refractivity contribution in [3.8, 4) is 0 Å². The fourth-order valence-electron chi connectivity index (χ4n) is 3.53. The van der Waals surface area contributed by atoms with Crippen LogP contribution in [0.2, 0.25) is 0 Å². The van der Waals surface area contributed by atoms with Crippen molar-refractivity contribution in [1.82, 2.24) is 10.3 Å². The average molecular weight is 370 g/mol. The predicted molar refractivity (Wildman–Crippen MR) is 111 cm³/mol. The fraction of sp³-hybridized carbons (Fsp3) is 0.455. The molecule has 0 radical (unpaired) electrons. The maximum atomic E-state index is 12.7. The van der Waals surface area contributed by atoms with E-state index in [-0.39, 0.29) is 11.7 Å². The number of anilines is 1. The molecule has 146 valence electrons. The minimum Gasteiger partial charge on any atom is -0.370 e. The van der Waals surface area contributed by atoms with Crippen LogP contribution in [0.25, 0.3) is 0 Å². The summed E-state index contributed by atoms with van der Waals surface area (Å²) in [7, 11) is 0. The summed E-state index contributed by atoms with van der Waals surface area (Å²) in [5, 5.41) is 3.00. The van der Waals surface area contributed by atoms with Crippen LogP contribution in [0.4, 0.5) is 5.69 Å². The summed E-state index contributed by atoms with van der Waals surface area (Å²) in [6.07, 6.45) is 1.60. The molecule has 0 unspecified atom stereocenters. The smallest absolute Gasteiger partial charge is 0.268 e. The molecule has 0 aliphatic carbocycles. The number of benzene rings is 1. The maximum Gasteiger partial charge on any atom is 0.268 e. The van der Waals surface area contributed by atoms with E-state index in [1.165, 1.54) is 5.56 Å². The molecule has 0 spiro atoms. The standard InChI is InChI=1S/C22H31N3O2/c1-6-9-19-20(17(5)26)16(4)24-21(19)22(27)23-12-13-25(7-2)18-11-8-10-15(3)14-18/h8,10-11,14,24H,6-7,9,12-13H2,1-5H3,(H,23,27). The Morgan fingerprint density at radius 2 is 1.93 bits per heavy atom. The number of nitrogens with one attached hydrogen (secondary N) is 2. The second kappa shape index (κ2) is 9.40. The van der Waals surface area contributed by atoms with Gasteiger partial charge in [-0.1, -0.05) is 25.5 Å². The molecular formula is C22H31N3O2.